The molecule has 0 bridgehead atoms. The lowest BCUT2D eigenvalue weighted by molar-refractivity contribution is 0.414. The van der Waals surface area contributed by atoms with Crippen molar-refractivity contribution in [3.63, 3.8) is 0 Å². The molecular formula is C17H12ClN3O2. The summed E-state index contributed by atoms with van der Waals surface area (Å²) >= 11 is 6.19. The van der Waals surface area contributed by atoms with Gasteiger partial charge in [0.1, 0.15) is 23.2 Å². The summed E-state index contributed by atoms with van der Waals surface area (Å²) in [7, 11) is 1.62. The Morgan fingerprint density at radius 1 is 1.13 bits per heavy atom. The molecular weight excluding hydrogens is 314 g/mol. The van der Waals surface area contributed by atoms with Gasteiger partial charge in [0.15, 0.2) is 11.4 Å². The zero-order valence-corrected chi connectivity index (χ0v) is 13.0. The fourth-order valence-electron chi connectivity index (χ4n) is 2.46. The number of anilines is 2. The highest BCUT2D eigenvalue weighted by Crippen LogP contribution is 2.34. The average molecular weight is 326 g/mol. The number of halogens is 1. The minimum absolute atomic E-state index is 0.568. The van der Waals surface area contributed by atoms with Gasteiger partial charge in [-0.1, -0.05) is 23.7 Å². The van der Waals surface area contributed by atoms with Crippen molar-refractivity contribution in [1.29, 1.82) is 0 Å². The number of nitrogens with one attached hydrogen (secondary N) is 1. The van der Waals surface area contributed by atoms with Crippen molar-refractivity contribution in [3.05, 3.63) is 53.8 Å². The van der Waals surface area contributed by atoms with Gasteiger partial charge in [-0.15, -0.1) is 0 Å². The van der Waals surface area contributed by atoms with Crippen molar-refractivity contribution >= 4 is 45.2 Å². The van der Waals surface area contributed by atoms with Crippen LogP contribution in [0.5, 0.6) is 5.75 Å². The zero-order chi connectivity index (χ0) is 15.8. The van der Waals surface area contributed by atoms with Crippen LogP contribution in [0, 0.1) is 0 Å². The van der Waals surface area contributed by atoms with Crippen LogP contribution in [0.1, 0.15) is 0 Å². The summed E-state index contributed by atoms with van der Waals surface area (Å²) in [5, 5.41) is 4.71. The molecule has 114 valence electrons. The van der Waals surface area contributed by atoms with Gasteiger partial charge in [-0.2, -0.15) is 0 Å². The number of para-hydroxylation sites is 1. The van der Waals surface area contributed by atoms with E-state index in [1.54, 1.807) is 7.11 Å². The predicted octanol–water partition coefficient (Wildman–Crippen LogP) is 4.78. The van der Waals surface area contributed by atoms with Gasteiger partial charge in [-0.05, 0) is 24.3 Å². The second-order valence-electron chi connectivity index (χ2n) is 4.97. The van der Waals surface area contributed by atoms with Crippen LogP contribution in [0.2, 0.25) is 5.02 Å². The molecule has 1 N–H and O–H groups in total. The predicted molar refractivity (Wildman–Crippen MR) is 90.6 cm³/mol. The standard InChI is InChI=1S/C17H12ClN3O2/c1-22-10-6-7-11-14(8-10)23-16-15(11)19-9-20-17(16)21-13-5-3-2-4-12(13)18/h2-9H,1H3,(H,19,20,21). The Labute approximate surface area is 136 Å². The van der Waals surface area contributed by atoms with Crippen molar-refractivity contribution in [2.75, 3.05) is 12.4 Å². The molecule has 23 heavy (non-hydrogen) atoms. The molecule has 2 heterocycles. The highest BCUT2D eigenvalue weighted by Gasteiger charge is 2.14. The monoisotopic (exact) mass is 325 g/mol. The fraction of sp³-hybridized carbons (Fsp3) is 0.0588. The van der Waals surface area contributed by atoms with E-state index in [1.807, 2.05) is 42.5 Å². The average Bonchev–Trinajstić information content (AvgIpc) is 2.95. The van der Waals surface area contributed by atoms with Gasteiger partial charge in [0.25, 0.3) is 0 Å². The molecule has 0 spiro atoms. The van der Waals surface area contributed by atoms with Gasteiger partial charge in [-0.3, -0.25) is 0 Å². The number of methoxy groups -OCH3 is 1. The van der Waals surface area contributed by atoms with Gasteiger partial charge in [0, 0.05) is 11.5 Å². The Morgan fingerprint density at radius 2 is 2.00 bits per heavy atom. The summed E-state index contributed by atoms with van der Waals surface area (Å²) in [4.78, 5) is 8.61. The van der Waals surface area contributed by atoms with E-state index in [-0.39, 0.29) is 0 Å². The highest BCUT2D eigenvalue weighted by molar-refractivity contribution is 6.33. The van der Waals surface area contributed by atoms with Crippen LogP contribution < -0.4 is 10.1 Å². The van der Waals surface area contributed by atoms with E-state index in [9.17, 15) is 0 Å². The molecule has 0 fully saturated rings. The van der Waals surface area contributed by atoms with E-state index in [2.05, 4.69) is 15.3 Å². The van der Waals surface area contributed by atoms with E-state index in [1.165, 1.54) is 6.33 Å². The Morgan fingerprint density at radius 3 is 2.83 bits per heavy atom. The molecule has 0 unspecified atom stereocenters. The number of ether oxygens (including phenoxy) is 1. The maximum atomic E-state index is 6.19. The first-order chi connectivity index (χ1) is 11.3. The molecule has 0 saturated carbocycles. The summed E-state index contributed by atoms with van der Waals surface area (Å²) < 4.78 is 11.2. The number of nitrogens with zero attached hydrogens (tertiary/aromatic N) is 2. The Hall–Kier alpha value is -2.79. The molecule has 4 aromatic rings. The van der Waals surface area contributed by atoms with Crippen LogP contribution in [0.15, 0.2) is 53.2 Å². The normalized spacial score (nSPS) is 11.0. The van der Waals surface area contributed by atoms with Crippen molar-refractivity contribution in [3.8, 4) is 5.75 Å². The van der Waals surface area contributed by atoms with Gasteiger partial charge in [-0.25, -0.2) is 9.97 Å². The summed E-state index contributed by atoms with van der Waals surface area (Å²) in [6.45, 7) is 0. The largest absolute Gasteiger partial charge is 0.497 e. The van der Waals surface area contributed by atoms with E-state index in [0.717, 1.165) is 22.3 Å². The molecule has 4 rings (SSSR count). The van der Waals surface area contributed by atoms with Crippen molar-refractivity contribution in [2.45, 2.75) is 0 Å². The second-order valence-corrected chi connectivity index (χ2v) is 5.38. The van der Waals surface area contributed by atoms with Crippen molar-refractivity contribution in [2.24, 2.45) is 0 Å². The van der Waals surface area contributed by atoms with Crippen molar-refractivity contribution in [1.82, 2.24) is 9.97 Å². The molecule has 0 atom stereocenters. The summed E-state index contributed by atoms with van der Waals surface area (Å²) in [5.74, 6) is 1.29. The third-order valence-electron chi connectivity index (χ3n) is 3.59. The number of rotatable bonds is 3. The lowest BCUT2D eigenvalue weighted by Crippen LogP contribution is -1.95. The molecule has 0 radical (unpaired) electrons. The number of aromatic nitrogens is 2. The van der Waals surface area contributed by atoms with Gasteiger partial charge >= 0.3 is 0 Å². The highest BCUT2D eigenvalue weighted by atomic mass is 35.5. The van der Waals surface area contributed by atoms with Crippen LogP contribution in [0.4, 0.5) is 11.5 Å². The van der Waals surface area contributed by atoms with Gasteiger partial charge in [0.2, 0.25) is 0 Å². The summed E-state index contributed by atoms with van der Waals surface area (Å²) in [5.41, 5.74) is 2.78. The Balaban J connectivity index is 1.89. The van der Waals surface area contributed by atoms with Crippen LogP contribution in [-0.2, 0) is 0 Å². The molecule has 6 heteroatoms. The quantitative estimate of drug-likeness (QED) is 0.587. The van der Waals surface area contributed by atoms with Crippen LogP contribution in [-0.4, -0.2) is 17.1 Å². The number of fused-ring (bicyclic) bond motifs is 3. The summed E-state index contributed by atoms with van der Waals surface area (Å²) in [6.07, 6.45) is 1.50. The number of hydrogen-bond donors (Lipinski definition) is 1. The SMILES string of the molecule is COc1ccc2c(c1)oc1c(Nc3ccccc3Cl)ncnc12. The topological polar surface area (TPSA) is 60.2 Å². The first-order valence-electron chi connectivity index (χ1n) is 6.99. The van der Waals surface area contributed by atoms with Crippen LogP contribution in [0.25, 0.3) is 22.1 Å². The third kappa shape index (κ3) is 2.35. The van der Waals surface area contributed by atoms with E-state index in [0.29, 0.717) is 22.0 Å². The van der Waals surface area contributed by atoms with Crippen LogP contribution in [0.3, 0.4) is 0 Å². The maximum absolute atomic E-state index is 6.19. The maximum Gasteiger partial charge on any atom is 0.196 e. The van der Waals surface area contributed by atoms with E-state index in [4.69, 9.17) is 20.8 Å². The minimum Gasteiger partial charge on any atom is -0.497 e. The summed E-state index contributed by atoms with van der Waals surface area (Å²) in [6, 6.07) is 13.1. The molecule has 5 nitrogen and oxygen atoms in total. The second kappa shape index (κ2) is 5.44. The molecule has 0 aliphatic heterocycles. The first kappa shape index (κ1) is 13.8. The van der Waals surface area contributed by atoms with Crippen molar-refractivity contribution < 1.29 is 9.15 Å². The third-order valence-corrected chi connectivity index (χ3v) is 3.92. The fourth-order valence-corrected chi connectivity index (χ4v) is 2.64. The molecule has 0 aliphatic rings. The lowest BCUT2D eigenvalue weighted by atomic mass is 10.2. The number of hydrogen-bond acceptors (Lipinski definition) is 5. The lowest BCUT2D eigenvalue weighted by Gasteiger charge is -2.06. The number of benzene rings is 2. The first-order valence-corrected chi connectivity index (χ1v) is 7.37. The minimum atomic E-state index is 0.568. The zero-order valence-electron chi connectivity index (χ0n) is 12.2. The molecule has 2 aromatic heterocycles. The smallest absolute Gasteiger partial charge is 0.196 e. The van der Waals surface area contributed by atoms with E-state index < -0.39 is 0 Å². The van der Waals surface area contributed by atoms with E-state index >= 15 is 0 Å². The molecule has 0 aliphatic carbocycles. The van der Waals surface area contributed by atoms with Gasteiger partial charge in [0.05, 0.1) is 17.8 Å². The Kier molecular flexibility index (Phi) is 3.28. The molecule has 0 saturated heterocycles. The Bertz CT molecular complexity index is 1010. The molecule has 2 aromatic carbocycles. The molecule has 0 amide bonds. The van der Waals surface area contributed by atoms with Crippen LogP contribution >= 0.6 is 11.6 Å². The number of furan rings is 1. The van der Waals surface area contributed by atoms with Gasteiger partial charge < -0.3 is 14.5 Å².